The van der Waals surface area contributed by atoms with Gasteiger partial charge in [0.2, 0.25) is 0 Å². The van der Waals surface area contributed by atoms with E-state index in [1.165, 1.54) is 29.7 Å². The van der Waals surface area contributed by atoms with Gasteiger partial charge in [0, 0.05) is 11.1 Å². The van der Waals surface area contributed by atoms with Crippen LogP contribution >= 0.6 is 22.9 Å². The highest BCUT2D eigenvalue weighted by Gasteiger charge is 2.19. The largest absolute Gasteiger partial charge is 0.478 e. The van der Waals surface area contributed by atoms with E-state index in [9.17, 15) is 13.2 Å². The van der Waals surface area contributed by atoms with Crippen molar-refractivity contribution in [3.05, 3.63) is 39.9 Å². The van der Waals surface area contributed by atoms with Gasteiger partial charge in [0.25, 0.3) is 10.0 Å². The summed E-state index contributed by atoms with van der Waals surface area (Å²) in [7, 11) is -3.90. The Morgan fingerprint density at radius 3 is 2.70 bits per heavy atom. The van der Waals surface area contributed by atoms with Gasteiger partial charge in [-0.3, -0.25) is 4.72 Å². The monoisotopic (exact) mass is 332 g/mol. The van der Waals surface area contributed by atoms with E-state index in [0.29, 0.717) is 0 Å². The van der Waals surface area contributed by atoms with Crippen molar-refractivity contribution in [2.75, 3.05) is 4.72 Å². The lowest BCUT2D eigenvalue weighted by Gasteiger charge is -2.06. The molecule has 9 heteroatoms. The Hall–Kier alpha value is -1.64. The van der Waals surface area contributed by atoms with Crippen molar-refractivity contribution in [1.29, 1.82) is 0 Å². The van der Waals surface area contributed by atoms with E-state index in [4.69, 9.17) is 16.7 Å². The van der Waals surface area contributed by atoms with Crippen molar-refractivity contribution in [1.82, 2.24) is 4.98 Å². The molecule has 0 aliphatic rings. The number of hydrogen-bond donors (Lipinski definition) is 2. The first-order valence-electron chi connectivity index (χ1n) is 5.28. The fourth-order valence-corrected chi connectivity index (χ4v) is 3.54. The number of hydrogen-bond acceptors (Lipinski definition) is 5. The highest BCUT2D eigenvalue weighted by Crippen LogP contribution is 2.24. The van der Waals surface area contributed by atoms with Crippen LogP contribution in [0.1, 0.15) is 15.2 Å². The standard InChI is InChI=1S/C11H9ClN2O4S2/c1-6-5-13-11(19-6)14-20(17,18)7-2-3-9(12)8(4-7)10(15)16/h2-5H,1H3,(H,13,14)(H,15,16). The second kappa shape index (κ2) is 5.39. The number of anilines is 1. The summed E-state index contributed by atoms with van der Waals surface area (Å²) in [5.41, 5.74) is -0.273. The normalized spacial score (nSPS) is 11.3. The lowest BCUT2D eigenvalue weighted by atomic mass is 10.2. The topological polar surface area (TPSA) is 96.4 Å². The number of aromatic nitrogens is 1. The summed E-state index contributed by atoms with van der Waals surface area (Å²) in [6.07, 6.45) is 1.53. The number of nitrogens with one attached hydrogen (secondary N) is 1. The minimum absolute atomic E-state index is 0.0263. The fraction of sp³-hybridized carbons (Fsp3) is 0.0909. The average Bonchev–Trinajstić information content (AvgIpc) is 2.73. The second-order valence-corrected chi connectivity index (χ2v) is 7.15. The molecule has 6 nitrogen and oxygen atoms in total. The minimum Gasteiger partial charge on any atom is -0.478 e. The number of halogens is 1. The van der Waals surface area contributed by atoms with Gasteiger partial charge in [-0.05, 0) is 25.1 Å². The molecule has 0 bridgehead atoms. The summed E-state index contributed by atoms with van der Waals surface area (Å²) >= 11 is 6.88. The predicted molar refractivity (Wildman–Crippen MR) is 76.1 cm³/mol. The molecule has 0 saturated heterocycles. The molecular weight excluding hydrogens is 324 g/mol. The van der Waals surface area contributed by atoms with Gasteiger partial charge in [-0.15, -0.1) is 11.3 Å². The van der Waals surface area contributed by atoms with E-state index >= 15 is 0 Å². The molecule has 2 rings (SSSR count). The van der Waals surface area contributed by atoms with Gasteiger partial charge in [0.1, 0.15) is 0 Å². The molecule has 1 heterocycles. The molecule has 106 valence electrons. The Morgan fingerprint density at radius 1 is 1.45 bits per heavy atom. The SMILES string of the molecule is Cc1cnc(NS(=O)(=O)c2ccc(Cl)c(C(=O)O)c2)s1. The number of thiazole rings is 1. The Labute approximate surface area is 124 Å². The van der Waals surface area contributed by atoms with E-state index in [2.05, 4.69) is 9.71 Å². The summed E-state index contributed by atoms with van der Waals surface area (Å²) in [5, 5.41) is 9.13. The molecule has 0 fully saturated rings. The molecule has 1 aromatic heterocycles. The van der Waals surface area contributed by atoms with Crippen LogP contribution in [0.25, 0.3) is 0 Å². The highest BCUT2D eigenvalue weighted by atomic mass is 35.5. The van der Waals surface area contributed by atoms with Gasteiger partial charge in [-0.1, -0.05) is 11.6 Å². The molecule has 0 unspecified atom stereocenters. The maximum absolute atomic E-state index is 12.1. The van der Waals surface area contributed by atoms with Crippen LogP contribution < -0.4 is 4.72 Å². The van der Waals surface area contributed by atoms with Gasteiger partial charge in [-0.2, -0.15) is 0 Å². The zero-order valence-corrected chi connectivity index (χ0v) is 12.5. The Morgan fingerprint density at radius 2 is 2.15 bits per heavy atom. The maximum atomic E-state index is 12.1. The summed E-state index contributed by atoms with van der Waals surface area (Å²) in [5.74, 6) is -1.29. The zero-order valence-electron chi connectivity index (χ0n) is 10.1. The summed E-state index contributed by atoms with van der Waals surface area (Å²) in [6, 6.07) is 3.47. The van der Waals surface area contributed by atoms with Crippen molar-refractivity contribution in [3.8, 4) is 0 Å². The van der Waals surface area contributed by atoms with Crippen LogP contribution in [0.3, 0.4) is 0 Å². The van der Waals surface area contributed by atoms with Crippen molar-refractivity contribution in [2.45, 2.75) is 11.8 Å². The van der Waals surface area contributed by atoms with Gasteiger partial charge in [-0.25, -0.2) is 18.2 Å². The predicted octanol–water partition coefficient (Wildman–Crippen LogP) is 2.60. The maximum Gasteiger partial charge on any atom is 0.337 e. The van der Waals surface area contributed by atoms with Gasteiger partial charge >= 0.3 is 5.97 Å². The average molecular weight is 333 g/mol. The number of sulfonamides is 1. The van der Waals surface area contributed by atoms with Gasteiger partial charge in [0.05, 0.1) is 15.5 Å². The minimum atomic E-state index is -3.90. The molecule has 0 aliphatic carbocycles. The molecular formula is C11H9ClN2O4S2. The lowest BCUT2D eigenvalue weighted by Crippen LogP contribution is -2.13. The van der Waals surface area contributed by atoms with Crippen molar-refractivity contribution in [2.24, 2.45) is 0 Å². The molecule has 0 atom stereocenters. The van der Waals surface area contributed by atoms with Crippen LogP contribution in [0.15, 0.2) is 29.3 Å². The van der Waals surface area contributed by atoms with E-state index < -0.39 is 16.0 Å². The van der Waals surface area contributed by atoms with Crippen LogP contribution in [-0.2, 0) is 10.0 Å². The molecule has 0 radical (unpaired) electrons. The van der Waals surface area contributed by atoms with Crippen molar-refractivity contribution >= 4 is 44.1 Å². The number of nitrogens with zero attached hydrogens (tertiary/aromatic N) is 1. The van der Waals surface area contributed by atoms with Crippen LogP contribution in [0.4, 0.5) is 5.13 Å². The van der Waals surface area contributed by atoms with Crippen LogP contribution in [0.2, 0.25) is 5.02 Å². The molecule has 0 aliphatic heterocycles. The molecule has 2 N–H and O–H groups in total. The summed E-state index contributed by atoms with van der Waals surface area (Å²) in [6.45, 7) is 1.79. The van der Waals surface area contributed by atoms with Gasteiger partial charge < -0.3 is 5.11 Å². The first-order valence-corrected chi connectivity index (χ1v) is 7.95. The number of carboxylic acid groups (broad SMARTS) is 1. The Balaban J connectivity index is 2.39. The van der Waals surface area contributed by atoms with Crippen LogP contribution in [0, 0.1) is 6.92 Å². The number of aryl methyl sites for hydroxylation is 1. The number of carbonyl (C=O) groups is 1. The lowest BCUT2D eigenvalue weighted by molar-refractivity contribution is 0.0697. The number of rotatable bonds is 4. The smallest absolute Gasteiger partial charge is 0.337 e. The number of aromatic carboxylic acids is 1. The molecule has 2 aromatic rings. The third-order valence-corrected chi connectivity index (χ3v) is 4.95. The quantitative estimate of drug-likeness (QED) is 0.897. The van der Waals surface area contributed by atoms with Crippen LogP contribution in [0.5, 0.6) is 0 Å². The third kappa shape index (κ3) is 3.09. The zero-order chi connectivity index (χ0) is 14.9. The second-order valence-electron chi connectivity index (χ2n) is 3.83. The third-order valence-electron chi connectivity index (χ3n) is 2.32. The van der Waals surface area contributed by atoms with E-state index in [0.717, 1.165) is 10.9 Å². The molecule has 1 aromatic carbocycles. The Bertz CT molecular complexity index is 770. The van der Waals surface area contributed by atoms with Gasteiger partial charge in [0.15, 0.2) is 5.13 Å². The van der Waals surface area contributed by atoms with E-state index in [1.54, 1.807) is 6.92 Å². The number of carboxylic acids is 1. The first-order chi connectivity index (χ1) is 9.29. The van der Waals surface area contributed by atoms with Crippen LogP contribution in [-0.4, -0.2) is 24.5 Å². The van der Waals surface area contributed by atoms with Crippen molar-refractivity contribution in [3.63, 3.8) is 0 Å². The fourth-order valence-electron chi connectivity index (χ4n) is 1.41. The molecule has 0 amide bonds. The van der Waals surface area contributed by atoms with Crippen molar-refractivity contribution < 1.29 is 18.3 Å². The highest BCUT2D eigenvalue weighted by molar-refractivity contribution is 7.93. The first kappa shape index (κ1) is 14.8. The molecule has 0 saturated carbocycles. The van der Waals surface area contributed by atoms with E-state index in [1.807, 2.05) is 0 Å². The molecule has 20 heavy (non-hydrogen) atoms. The summed E-state index contributed by atoms with van der Waals surface area (Å²) in [4.78, 5) is 15.5. The summed E-state index contributed by atoms with van der Waals surface area (Å²) < 4.78 is 26.5. The van der Waals surface area contributed by atoms with E-state index in [-0.39, 0.29) is 20.6 Å². The molecule has 0 spiro atoms. The number of benzene rings is 1. The Kier molecular flexibility index (Phi) is 3.98.